The minimum absolute atomic E-state index is 0.0910. The lowest BCUT2D eigenvalue weighted by Crippen LogP contribution is -2.51. The van der Waals surface area contributed by atoms with Crippen molar-refractivity contribution in [3.63, 3.8) is 0 Å². The number of fused-ring (bicyclic) bond motifs is 1. The molecule has 0 unspecified atom stereocenters. The number of nitrogens with one attached hydrogen (secondary N) is 1. The summed E-state index contributed by atoms with van der Waals surface area (Å²) < 4.78 is 0. The average Bonchev–Trinajstić information content (AvgIpc) is 3.45. The maximum atomic E-state index is 13.9. The largest absolute Gasteiger partial charge is 0.353 e. The number of rotatable bonds is 4. The topological polar surface area (TPSA) is 49.4 Å². The third kappa shape index (κ3) is 4.05. The zero-order valence-corrected chi connectivity index (χ0v) is 18.9. The molecule has 164 valence electrons. The zero-order valence-electron chi connectivity index (χ0n) is 18.1. The monoisotopic (exact) mass is 436 g/mol. The van der Waals surface area contributed by atoms with Gasteiger partial charge in [0.25, 0.3) is 5.91 Å². The van der Waals surface area contributed by atoms with Gasteiger partial charge in [-0.2, -0.15) is 0 Å². The van der Waals surface area contributed by atoms with Crippen LogP contribution in [0, 0.1) is 0 Å². The summed E-state index contributed by atoms with van der Waals surface area (Å²) in [5.74, 6) is -0.163. The highest BCUT2D eigenvalue weighted by Crippen LogP contribution is 2.47. The summed E-state index contributed by atoms with van der Waals surface area (Å²) in [4.78, 5) is 30.8. The Hall–Kier alpha value is -2.14. The first-order valence-electron chi connectivity index (χ1n) is 12.0. The van der Waals surface area contributed by atoms with Crippen molar-refractivity contribution in [3.8, 4) is 0 Å². The first kappa shape index (κ1) is 20.7. The van der Waals surface area contributed by atoms with Crippen LogP contribution in [0.4, 0.5) is 0 Å². The number of carbonyl (C=O) groups excluding carboxylic acids is 2. The lowest BCUT2D eigenvalue weighted by atomic mass is 9.80. The van der Waals surface area contributed by atoms with Gasteiger partial charge in [-0.1, -0.05) is 62.8 Å². The summed E-state index contributed by atoms with van der Waals surface area (Å²) in [7, 11) is 0. The van der Waals surface area contributed by atoms with Gasteiger partial charge in [0, 0.05) is 22.5 Å². The maximum absolute atomic E-state index is 13.9. The number of amides is 2. The fourth-order valence-corrected chi connectivity index (χ4v) is 6.76. The first-order valence-corrected chi connectivity index (χ1v) is 12.9. The molecule has 2 amide bonds. The maximum Gasteiger partial charge on any atom is 0.254 e. The molecule has 2 aromatic rings. The van der Waals surface area contributed by atoms with E-state index in [1.807, 2.05) is 30.3 Å². The molecule has 1 aromatic heterocycles. The second-order valence-corrected chi connectivity index (χ2v) is 10.4. The Morgan fingerprint density at radius 3 is 2.32 bits per heavy atom. The highest BCUT2D eigenvalue weighted by atomic mass is 32.1. The minimum Gasteiger partial charge on any atom is -0.353 e. The SMILES string of the molecule is O=C(NC1CCCCCC1)[C@@H]1c2ccccc2C(=O)N(C2CCCC2)[C@@H]1c1cccs1. The summed E-state index contributed by atoms with van der Waals surface area (Å²) in [6.45, 7) is 0. The molecule has 2 aliphatic carbocycles. The van der Waals surface area contributed by atoms with Gasteiger partial charge in [0.2, 0.25) is 5.91 Å². The highest BCUT2D eigenvalue weighted by Gasteiger charge is 2.47. The Morgan fingerprint density at radius 1 is 0.903 bits per heavy atom. The van der Waals surface area contributed by atoms with Crippen LogP contribution in [0.15, 0.2) is 41.8 Å². The predicted octanol–water partition coefficient (Wildman–Crippen LogP) is 5.81. The fraction of sp³-hybridized carbons (Fsp3) is 0.538. The number of nitrogens with zero attached hydrogens (tertiary/aromatic N) is 1. The van der Waals surface area contributed by atoms with Crippen molar-refractivity contribution in [3.05, 3.63) is 57.8 Å². The van der Waals surface area contributed by atoms with Crippen molar-refractivity contribution >= 4 is 23.2 Å². The fourth-order valence-electron chi connectivity index (χ4n) is 5.89. The van der Waals surface area contributed by atoms with Crippen molar-refractivity contribution in [1.29, 1.82) is 0 Å². The molecule has 0 bridgehead atoms. The van der Waals surface area contributed by atoms with Gasteiger partial charge in [-0.25, -0.2) is 0 Å². The van der Waals surface area contributed by atoms with Gasteiger partial charge in [0.1, 0.15) is 0 Å². The molecule has 0 saturated heterocycles. The summed E-state index contributed by atoms with van der Waals surface area (Å²) in [6.07, 6.45) is 11.4. The van der Waals surface area contributed by atoms with Crippen LogP contribution in [0.1, 0.15) is 97.0 Å². The average molecular weight is 437 g/mol. The van der Waals surface area contributed by atoms with Crippen molar-refractivity contribution in [2.24, 2.45) is 0 Å². The molecule has 1 aromatic carbocycles. The number of hydrogen-bond donors (Lipinski definition) is 1. The molecule has 4 nitrogen and oxygen atoms in total. The van der Waals surface area contributed by atoms with E-state index >= 15 is 0 Å². The van der Waals surface area contributed by atoms with E-state index in [0.717, 1.165) is 49.0 Å². The van der Waals surface area contributed by atoms with Gasteiger partial charge in [-0.15, -0.1) is 11.3 Å². The van der Waals surface area contributed by atoms with Crippen molar-refractivity contribution < 1.29 is 9.59 Å². The summed E-state index contributed by atoms with van der Waals surface area (Å²) in [6, 6.07) is 12.2. The quantitative estimate of drug-likeness (QED) is 0.615. The number of benzene rings is 1. The van der Waals surface area contributed by atoms with Crippen LogP contribution in [0.2, 0.25) is 0 Å². The van der Waals surface area contributed by atoms with Gasteiger partial charge in [-0.05, 0) is 48.8 Å². The Kier molecular flexibility index (Phi) is 6.13. The molecule has 1 aliphatic heterocycles. The second kappa shape index (κ2) is 9.15. The normalized spacial score (nSPS) is 25.3. The van der Waals surface area contributed by atoms with E-state index in [4.69, 9.17) is 0 Å². The number of thiophene rings is 1. The summed E-state index contributed by atoms with van der Waals surface area (Å²) in [5, 5.41) is 5.48. The molecule has 2 atom stereocenters. The Bertz CT molecular complexity index is 911. The van der Waals surface area contributed by atoms with E-state index < -0.39 is 0 Å². The van der Waals surface area contributed by atoms with Crippen LogP contribution >= 0.6 is 11.3 Å². The van der Waals surface area contributed by atoms with E-state index in [2.05, 4.69) is 21.7 Å². The van der Waals surface area contributed by atoms with Gasteiger partial charge < -0.3 is 10.2 Å². The second-order valence-electron chi connectivity index (χ2n) is 9.37. The van der Waals surface area contributed by atoms with E-state index in [9.17, 15) is 9.59 Å². The van der Waals surface area contributed by atoms with Gasteiger partial charge in [0.15, 0.2) is 0 Å². The van der Waals surface area contributed by atoms with Crippen molar-refractivity contribution in [2.75, 3.05) is 0 Å². The molecular weight excluding hydrogens is 404 g/mol. The standard InChI is InChI=1S/C26H32N2O2S/c29-25(27-18-10-3-1-2-4-11-18)23-20-14-7-8-15-21(20)26(30)28(19-12-5-6-13-19)24(23)22-16-9-17-31-22/h7-9,14-19,23-24H,1-6,10-13H2,(H,27,29)/t23-,24-/m1/s1. The summed E-state index contributed by atoms with van der Waals surface area (Å²) >= 11 is 1.67. The smallest absolute Gasteiger partial charge is 0.254 e. The minimum atomic E-state index is -0.351. The molecule has 0 radical (unpaired) electrons. The van der Waals surface area contributed by atoms with Crippen molar-refractivity contribution in [2.45, 2.75) is 88.3 Å². The molecule has 2 fully saturated rings. The van der Waals surface area contributed by atoms with Gasteiger partial charge >= 0.3 is 0 Å². The lowest BCUT2D eigenvalue weighted by Gasteiger charge is -2.44. The molecule has 3 aliphatic rings. The van der Waals surface area contributed by atoms with Crippen LogP contribution in [-0.2, 0) is 4.79 Å². The zero-order chi connectivity index (χ0) is 21.2. The van der Waals surface area contributed by atoms with Gasteiger partial charge in [0.05, 0.1) is 12.0 Å². The van der Waals surface area contributed by atoms with Crippen LogP contribution < -0.4 is 5.32 Å². The molecule has 31 heavy (non-hydrogen) atoms. The molecular formula is C26H32N2O2S. The Labute approximate surface area is 189 Å². The molecule has 0 spiro atoms. The van der Waals surface area contributed by atoms with E-state index in [1.54, 1.807) is 11.3 Å². The van der Waals surface area contributed by atoms with Crippen molar-refractivity contribution in [1.82, 2.24) is 10.2 Å². The molecule has 1 N–H and O–H groups in total. The van der Waals surface area contributed by atoms with Crippen LogP contribution in [0.5, 0.6) is 0 Å². The Morgan fingerprint density at radius 2 is 1.61 bits per heavy atom. The van der Waals surface area contributed by atoms with Crippen LogP contribution in [-0.4, -0.2) is 28.8 Å². The first-order chi connectivity index (χ1) is 15.2. The molecule has 5 rings (SSSR count). The molecule has 2 heterocycles. The third-order valence-electron chi connectivity index (χ3n) is 7.41. The summed E-state index contributed by atoms with van der Waals surface area (Å²) in [5.41, 5.74) is 1.61. The van der Waals surface area contributed by atoms with Crippen LogP contribution in [0.25, 0.3) is 0 Å². The Balaban J connectivity index is 1.56. The third-order valence-corrected chi connectivity index (χ3v) is 8.36. The van der Waals surface area contributed by atoms with E-state index in [-0.39, 0.29) is 35.9 Å². The molecule has 5 heteroatoms. The predicted molar refractivity (Wildman–Crippen MR) is 124 cm³/mol. The number of carbonyl (C=O) groups is 2. The van der Waals surface area contributed by atoms with Crippen LogP contribution in [0.3, 0.4) is 0 Å². The number of hydrogen-bond acceptors (Lipinski definition) is 3. The highest BCUT2D eigenvalue weighted by molar-refractivity contribution is 7.10. The van der Waals surface area contributed by atoms with E-state index in [0.29, 0.717) is 5.56 Å². The molecule has 2 saturated carbocycles. The van der Waals surface area contributed by atoms with Gasteiger partial charge in [-0.3, -0.25) is 9.59 Å². The lowest BCUT2D eigenvalue weighted by molar-refractivity contribution is -0.125. The van der Waals surface area contributed by atoms with E-state index in [1.165, 1.54) is 25.7 Å².